The summed E-state index contributed by atoms with van der Waals surface area (Å²) in [5.74, 6) is -0.300. The zero-order chi connectivity index (χ0) is 18.8. The van der Waals surface area contributed by atoms with Gasteiger partial charge in [-0.3, -0.25) is 14.7 Å². The third-order valence-electron chi connectivity index (χ3n) is 4.11. The maximum atomic E-state index is 12.7. The van der Waals surface area contributed by atoms with Crippen LogP contribution in [0.15, 0.2) is 48.8 Å². The summed E-state index contributed by atoms with van der Waals surface area (Å²) < 4.78 is 0. The van der Waals surface area contributed by atoms with E-state index in [1.54, 1.807) is 48.8 Å². The van der Waals surface area contributed by atoms with E-state index in [0.717, 1.165) is 25.7 Å². The number of anilines is 2. The second-order valence-electron chi connectivity index (χ2n) is 6.12. The van der Waals surface area contributed by atoms with Crippen molar-refractivity contribution in [1.29, 1.82) is 0 Å². The normalized spacial score (nSPS) is 10.3. The SMILES string of the molecule is CCCCCCCN(C(N)=O)c1ccccc1C(=O)Nc1cccnc1. The topological polar surface area (TPSA) is 88.3 Å². The molecule has 1 aromatic heterocycles. The van der Waals surface area contributed by atoms with Crippen molar-refractivity contribution in [3.8, 4) is 0 Å². The van der Waals surface area contributed by atoms with Gasteiger partial charge in [0.15, 0.2) is 0 Å². The van der Waals surface area contributed by atoms with Gasteiger partial charge in [-0.15, -0.1) is 0 Å². The van der Waals surface area contributed by atoms with Gasteiger partial charge in [0, 0.05) is 12.7 Å². The molecule has 3 N–H and O–H groups in total. The van der Waals surface area contributed by atoms with Crippen molar-refractivity contribution in [2.75, 3.05) is 16.8 Å². The van der Waals surface area contributed by atoms with E-state index in [9.17, 15) is 9.59 Å². The summed E-state index contributed by atoms with van der Waals surface area (Å²) >= 11 is 0. The molecule has 138 valence electrons. The lowest BCUT2D eigenvalue weighted by molar-refractivity contribution is 0.102. The van der Waals surface area contributed by atoms with Gasteiger partial charge in [0.05, 0.1) is 23.1 Å². The zero-order valence-corrected chi connectivity index (χ0v) is 15.1. The third-order valence-corrected chi connectivity index (χ3v) is 4.11. The standard InChI is InChI=1S/C20H26N4O2/c1-2-3-4-5-8-14-24(20(21)26)18-12-7-6-11-17(18)19(25)23-16-10-9-13-22-15-16/h6-7,9-13,15H,2-5,8,14H2,1H3,(H2,21,26)(H,23,25). The number of para-hydroxylation sites is 1. The van der Waals surface area contributed by atoms with Crippen LogP contribution in [0, 0.1) is 0 Å². The van der Waals surface area contributed by atoms with E-state index in [4.69, 9.17) is 5.73 Å². The van der Waals surface area contributed by atoms with Gasteiger partial charge in [-0.05, 0) is 30.7 Å². The van der Waals surface area contributed by atoms with Crippen LogP contribution < -0.4 is 16.0 Å². The molecule has 0 aliphatic carbocycles. The highest BCUT2D eigenvalue weighted by Crippen LogP contribution is 2.22. The van der Waals surface area contributed by atoms with Crippen molar-refractivity contribution in [3.05, 3.63) is 54.4 Å². The average molecular weight is 354 g/mol. The molecule has 1 heterocycles. The number of aromatic nitrogens is 1. The Labute approximate surface area is 154 Å². The zero-order valence-electron chi connectivity index (χ0n) is 15.1. The van der Waals surface area contributed by atoms with Gasteiger partial charge in [0.1, 0.15) is 0 Å². The number of rotatable bonds is 9. The molecule has 0 saturated heterocycles. The lowest BCUT2D eigenvalue weighted by atomic mass is 10.1. The fourth-order valence-electron chi connectivity index (χ4n) is 2.76. The van der Waals surface area contributed by atoms with Gasteiger partial charge in [-0.1, -0.05) is 44.7 Å². The van der Waals surface area contributed by atoms with E-state index >= 15 is 0 Å². The van der Waals surface area contributed by atoms with Gasteiger partial charge >= 0.3 is 6.03 Å². The Hall–Kier alpha value is -2.89. The van der Waals surface area contributed by atoms with Crippen molar-refractivity contribution in [2.45, 2.75) is 39.0 Å². The molecule has 6 nitrogen and oxygen atoms in total. The molecule has 26 heavy (non-hydrogen) atoms. The molecule has 0 saturated carbocycles. The molecule has 0 unspecified atom stereocenters. The first-order valence-corrected chi connectivity index (χ1v) is 9.01. The van der Waals surface area contributed by atoms with Gasteiger partial charge in [-0.2, -0.15) is 0 Å². The van der Waals surface area contributed by atoms with E-state index in [0.29, 0.717) is 23.5 Å². The molecule has 0 spiro atoms. The van der Waals surface area contributed by atoms with Crippen molar-refractivity contribution < 1.29 is 9.59 Å². The van der Waals surface area contributed by atoms with E-state index in [-0.39, 0.29) is 5.91 Å². The van der Waals surface area contributed by atoms with E-state index < -0.39 is 6.03 Å². The van der Waals surface area contributed by atoms with E-state index in [2.05, 4.69) is 17.2 Å². The summed E-state index contributed by atoms with van der Waals surface area (Å²) in [6.45, 7) is 2.66. The summed E-state index contributed by atoms with van der Waals surface area (Å²) in [6.07, 6.45) is 8.56. The molecular formula is C20H26N4O2. The van der Waals surface area contributed by atoms with Crippen LogP contribution >= 0.6 is 0 Å². The molecule has 0 atom stereocenters. The third kappa shape index (κ3) is 5.58. The van der Waals surface area contributed by atoms with E-state index in [1.807, 2.05) is 0 Å². The van der Waals surface area contributed by atoms with Crippen molar-refractivity contribution in [3.63, 3.8) is 0 Å². The predicted octanol–water partition coefficient (Wildman–Crippen LogP) is 4.19. The fourth-order valence-corrected chi connectivity index (χ4v) is 2.76. The largest absolute Gasteiger partial charge is 0.351 e. The number of hydrogen-bond acceptors (Lipinski definition) is 3. The number of nitrogens with one attached hydrogen (secondary N) is 1. The Bertz CT molecular complexity index is 719. The molecule has 0 radical (unpaired) electrons. The van der Waals surface area contributed by atoms with Gasteiger partial charge in [0.25, 0.3) is 5.91 Å². The number of urea groups is 1. The van der Waals surface area contributed by atoms with Gasteiger partial charge in [0.2, 0.25) is 0 Å². The number of primary amides is 1. The first-order chi connectivity index (χ1) is 12.6. The quantitative estimate of drug-likeness (QED) is 0.662. The first kappa shape index (κ1) is 19.4. The number of carbonyl (C=O) groups is 2. The highest BCUT2D eigenvalue weighted by molar-refractivity contribution is 6.10. The molecular weight excluding hydrogens is 328 g/mol. The molecule has 0 aliphatic heterocycles. The van der Waals surface area contributed by atoms with Gasteiger partial charge < -0.3 is 11.1 Å². The Morgan fingerprint density at radius 3 is 2.54 bits per heavy atom. The van der Waals surface area contributed by atoms with Crippen LogP contribution in [-0.4, -0.2) is 23.5 Å². The van der Waals surface area contributed by atoms with Crippen LogP contribution in [0.3, 0.4) is 0 Å². The first-order valence-electron chi connectivity index (χ1n) is 9.01. The molecule has 1 aromatic carbocycles. The number of nitrogens with two attached hydrogens (primary N) is 1. The minimum Gasteiger partial charge on any atom is -0.351 e. The Morgan fingerprint density at radius 2 is 1.85 bits per heavy atom. The number of benzene rings is 1. The Balaban J connectivity index is 2.13. The molecule has 3 amide bonds. The lowest BCUT2D eigenvalue weighted by Gasteiger charge is -2.23. The summed E-state index contributed by atoms with van der Waals surface area (Å²) in [5.41, 5.74) is 7.10. The highest BCUT2D eigenvalue weighted by atomic mass is 16.2. The van der Waals surface area contributed by atoms with Gasteiger partial charge in [-0.25, -0.2) is 4.79 Å². The minimum absolute atomic E-state index is 0.300. The number of hydrogen-bond donors (Lipinski definition) is 2. The molecule has 0 fully saturated rings. The molecule has 0 aliphatic rings. The minimum atomic E-state index is -0.554. The molecule has 2 aromatic rings. The summed E-state index contributed by atoms with van der Waals surface area (Å²) in [4.78, 5) is 30.1. The summed E-state index contributed by atoms with van der Waals surface area (Å²) in [7, 11) is 0. The smallest absolute Gasteiger partial charge is 0.319 e. The van der Waals surface area contributed by atoms with Crippen LogP contribution in [0.1, 0.15) is 49.4 Å². The fraction of sp³-hybridized carbons (Fsp3) is 0.350. The predicted molar refractivity (Wildman–Crippen MR) is 104 cm³/mol. The average Bonchev–Trinajstić information content (AvgIpc) is 2.65. The second kappa shape index (κ2) is 10.2. The lowest BCUT2D eigenvalue weighted by Crippen LogP contribution is -2.37. The maximum absolute atomic E-state index is 12.7. The summed E-state index contributed by atoms with van der Waals surface area (Å²) in [6, 6.07) is 9.94. The maximum Gasteiger partial charge on any atom is 0.319 e. The number of pyridine rings is 1. The number of amides is 3. The van der Waals surface area contributed by atoms with E-state index in [1.165, 1.54) is 11.3 Å². The van der Waals surface area contributed by atoms with Crippen LogP contribution in [0.5, 0.6) is 0 Å². The number of unbranched alkanes of at least 4 members (excludes halogenated alkanes) is 4. The number of carbonyl (C=O) groups excluding carboxylic acids is 2. The Kier molecular flexibility index (Phi) is 7.61. The second-order valence-corrected chi connectivity index (χ2v) is 6.12. The van der Waals surface area contributed by atoms with Crippen LogP contribution in [0.25, 0.3) is 0 Å². The molecule has 0 bridgehead atoms. The molecule has 2 rings (SSSR count). The van der Waals surface area contributed by atoms with Crippen LogP contribution in [-0.2, 0) is 0 Å². The Morgan fingerprint density at radius 1 is 1.08 bits per heavy atom. The van der Waals surface area contributed by atoms with Crippen molar-refractivity contribution in [1.82, 2.24) is 4.98 Å². The van der Waals surface area contributed by atoms with Crippen molar-refractivity contribution in [2.24, 2.45) is 5.73 Å². The van der Waals surface area contributed by atoms with Crippen molar-refractivity contribution >= 4 is 23.3 Å². The number of nitrogens with zero attached hydrogens (tertiary/aromatic N) is 2. The van der Waals surface area contributed by atoms with Crippen LogP contribution in [0.4, 0.5) is 16.2 Å². The summed E-state index contributed by atoms with van der Waals surface area (Å²) in [5, 5.41) is 2.80. The highest BCUT2D eigenvalue weighted by Gasteiger charge is 2.19. The molecule has 6 heteroatoms. The monoisotopic (exact) mass is 354 g/mol. The van der Waals surface area contributed by atoms with Crippen LogP contribution in [0.2, 0.25) is 0 Å².